The minimum absolute atomic E-state index is 0.0623. The predicted molar refractivity (Wildman–Crippen MR) is 90.0 cm³/mol. The van der Waals surface area contributed by atoms with Crippen molar-refractivity contribution in [2.24, 2.45) is 0 Å². The van der Waals surface area contributed by atoms with Crippen LogP contribution < -0.4 is 4.90 Å². The van der Waals surface area contributed by atoms with Crippen molar-refractivity contribution in [3.63, 3.8) is 0 Å². The fourth-order valence-corrected chi connectivity index (χ4v) is 3.31. The SMILES string of the molecule is COCCc1nsc(N2CCN(C(=O)c3ccc(F)cc3)CC2)n1. The van der Waals surface area contributed by atoms with Gasteiger partial charge in [0.15, 0.2) is 0 Å². The van der Waals surface area contributed by atoms with Gasteiger partial charge in [0.25, 0.3) is 5.91 Å². The third-order valence-electron chi connectivity index (χ3n) is 3.92. The number of rotatable bonds is 5. The molecule has 6 nitrogen and oxygen atoms in total. The number of aromatic nitrogens is 2. The van der Waals surface area contributed by atoms with E-state index in [0.29, 0.717) is 44.8 Å². The van der Waals surface area contributed by atoms with E-state index < -0.39 is 0 Å². The summed E-state index contributed by atoms with van der Waals surface area (Å²) < 4.78 is 22.3. The van der Waals surface area contributed by atoms with E-state index in [9.17, 15) is 9.18 Å². The molecule has 1 saturated heterocycles. The number of benzene rings is 1. The number of hydrogen-bond acceptors (Lipinski definition) is 6. The van der Waals surface area contributed by atoms with Gasteiger partial charge in [0.05, 0.1) is 6.61 Å². The summed E-state index contributed by atoms with van der Waals surface area (Å²) in [6, 6.07) is 5.67. The van der Waals surface area contributed by atoms with Crippen LogP contribution in [-0.2, 0) is 11.2 Å². The lowest BCUT2D eigenvalue weighted by Crippen LogP contribution is -2.48. The molecule has 3 rings (SSSR count). The number of hydrogen-bond donors (Lipinski definition) is 0. The van der Waals surface area contributed by atoms with E-state index in [-0.39, 0.29) is 11.7 Å². The van der Waals surface area contributed by atoms with Gasteiger partial charge in [-0.1, -0.05) is 0 Å². The Morgan fingerprint density at radius 3 is 2.62 bits per heavy atom. The molecule has 1 aromatic heterocycles. The second-order valence-corrected chi connectivity index (χ2v) is 6.25. The molecule has 2 heterocycles. The summed E-state index contributed by atoms with van der Waals surface area (Å²) in [5.74, 6) is 0.395. The van der Waals surface area contributed by atoms with Crippen molar-refractivity contribution in [2.45, 2.75) is 6.42 Å². The molecule has 1 fully saturated rings. The molecule has 1 aliphatic heterocycles. The van der Waals surface area contributed by atoms with Crippen LogP contribution in [0, 0.1) is 5.82 Å². The second kappa shape index (κ2) is 7.67. The van der Waals surface area contributed by atoms with Crippen LogP contribution in [0.2, 0.25) is 0 Å². The van der Waals surface area contributed by atoms with Crippen molar-refractivity contribution < 1.29 is 13.9 Å². The molecule has 8 heteroatoms. The predicted octanol–water partition coefficient (Wildman–Crippen LogP) is 1.83. The van der Waals surface area contributed by atoms with Gasteiger partial charge in [-0.3, -0.25) is 4.79 Å². The molecule has 0 bridgehead atoms. The molecule has 128 valence electrons. The van der Waals surface area contributed by atoms with Gasteiger partial charge < -0.3 is 14.5 Å². The van der Waals surface area contributed by atoms with E-state index in [0.717, 1.165) is 11.0 Å². The number of methoxy groups -OCH3 is 1. The van der Waals surface area contributed by atoms with Gasteiger partial charge in [-0.25, -0.2) is 9.37 Å². The molecular weight excluding hydrogens is 331 g/mol. The molecule has 0 spiro atoms. The minimum Gasteiger partial charge on any atom is -0.384 e. The summed E-state index contributed by atoms with van der Waals surface area (Å²) in [5, 5.41) is 0.884. The van der Waals surface area contributed by atoms with Crippen LogP contribution in [0.3, 0.4) is 0 Å². The maximum absolute atomic E-state index is 13.0. The smallest absolute Gasteiger partial charge is 0.253 e. The highest BCUT2D eigenvalue weighted by molar-refractivity contribution is 7.09. The largest absolute Gasteiger partial charge is 0.384 e. The fraction of sp³-hybridized carbons (Fsp3) is 0.438. The van der Waals surface area contributed by atoms with Gasteiger partial charge in [0.1, 0.15) is 11.6 Å². The molecule has 24 heavy (non-hydrogen) atoms. The van der Waals surface area contributed by atoms with Gasteiger partial charge in [0.2, 0.25) is 5.13 Å². The van der Waals surface area contributed by atoms with Crippen molar-refractivity contribution in [1.29, 1.82) is 0 Å². The first-order valence-corrected chi connectivity index (χ1v) is 8.56. The first-order valence-electron chi connectivity index (χ1n) is 7.78. The first-order chi connectivity index (χ1) is 11.7. The summed E-state index contributed by atoms with van der Waals surface area (Å²) >= 11 is 1.38. The maximum atomic E-state index is 13.0. The third-order valence-corrected chi connectivity index (χ3v) is 4.73. The Labute approximate surface area is 144 Å². The van der Waals surface area contributed by atoms with E-state index in [1.54, 1.807) is 12.0 Å². The lowest BCUT2D eigenvalue weighted by atomic mass is 10.2. The van der Waals surface area contributed by atoms with E-state index in [4.69, 9.17) is 4.74 Å². The van der Waals surface area contributed by atoms with E-state index in [1.807, 2.05) is 0 Å². The number of nitrogens with zero attached hydrogens (tertiary/aromatic N) is 4. The van der Waals surface area contributed by atoms with Crippen LogP contribution in [0.4, 0.5) is 9.52 Å². The van der Waals surface area contributed by atoms with Gasteiger partial charge in [-0.05, 0) is 24.3 Å². The molecule has 1 amide bonds. The number of carbonyl (C=O) groups excluding carboxylic acids is 1. The minimum atomic E-state index is -0.336. The van der Waals surface area contributed by atoms with Gasteiger partial charge >= 0.3 is 0 Å². The van der Waals surface area contributed by atoms with E-state index >= 15 is 0 Å². The van der Waals surface area contributed by atoms with E-state index in [2.05, 4.69) is 14.3 Å². The van der Waals surface area contributed by atoms with Crippen molar-refractivity contribution in [3.05, 3.63) is 41.5 Å². The first kappa shape index (κ1) is 16.8. The molecule has 0 atom stereocenters. The lowest BCUT2D eigenvalue weighted by Gasteiger charge is -2.34. The van der Waals surface area contributed by atoms with Crippen LogP contribution in [0.25, 0.3) is 0 Å². The van der Waals surface area contributed by atoms with Gasteiger partial charge in [0, 0.05) is 56.8 Å². The van der Waals surface area contributed by atoms with Crippen LogP contribution in [-0.4, -0.2) is 60.1 Å². The number of ether oxygens (including phenoxy) is 1. The maximum Gasteiger partial charge on any atom is 0.253 e. The summed E-state index contributed by atoms with van der Waals surface area (Å²) in [4.78, 5) is 20.9. The number of halogens is 1. The molecular formula is C16H19FN4O2S. The zero-order chi connectivity index (χ0) is 16.9. The number of amides is 1. The highest BCUT2D eigenvalue weighted by Gasteiger charge is 2.24. The van der Waals surface area contributed by atoms with Crippen molar-refractivity contribution in [2.75, 3.05) is 44.8 Å². The number of piperazine rings is 1. The van der Waals surface area contributed by atoms with Gasteiger partial charge in [-0.15, -0.1) is 0 Å². The lowest BCUT2D eigenvalue weighted by molar-refractivity contribution is 0.0746. The molecule has 0 aliphatic carbocycles. The van der Waals surface area contributed by atoms with Gasteiger partial charge in [-0.2, -0.15) is 4.37 Å². The Morgan fingerprint density at radius 1 is 1.25 bits per heavy atom. The van der Waals surface area contributed by atoms with E-state index in [1.165, 1.54) is 35.8 Å². The van der Waals surface area contributed by atoms with Crippen LogP contribution in [0.5, 0.6) is 0 Å². The Hall–Kier alpha value is -2.06. The second-order valence-electron chi connectivity index (χ2n) is 5.52. The Kier molecular flexibility index (Phi) is 5.37. The Morgan fingerprint density at radius 2 is 1.96 bits per heavy atom. The molecule has 1 aromatic carbocycles. The standard InChI is InChI=1S/C16H19FN4O2S/c1-23-11-6-14-18-16(24-19-14)21-9-7-20(8-10-21)15(22)12-2-4-13(17)5-3-12/h2-5H,6-11H2,1H3. The summed E-state index contributed by atoms with van der Waals surface area (Å²) in [5.41, 5.74) is 0.516. The molecule has 0 radical (unpaired) electrons. The van der Waals surface area contributed by atoms with Crippen LogP contribution in [0.1, 0.15) is 16.2 Å². The molecule has 0 unspecified atom stereocenters. The summed E-state index contributed by atoms with van der Waals surface area (Å²) in [7, 11) is 1.66. The monoisotopic (exact) mass is 350 g/mol. The zero-order valence-electron chi connectivity index (χ0n) is 13.4. The fourth-order valence-electron chi connectivity index (χ4n) is 2.54. The summed E-state index contributed by atoms with van der Waals surface area (Å²) in [6.45, 7) is 3.26. The normalized spacial score (nSPS) is 14.9. The van der Waals surface area contributed by atoms with Crippen LogP contribution >= 0.6 is 11.5 Å². The highest BCUT2D eigenvalue weighted by Crippen LogP contribution is 2.20. The van der Waals surface area contributed by atoms with Crippen molar-refractivity contribution >= 4 is 22.6 Å². The molecule has 0 saturated carbocycles. The van der Waals surface area contributed by atoms with Crippen molar-refractivity contribution in [3.8, 4) is 0 Å². The Bertz CT molecular complexity index is 684. The number of anilines is 1. The topological polar surface area (TPSA) is 58.6 Å². The molecule has 1 aliphatic rings. The Balaban J connectivity index is 1.56. The third kappa shape index (κ3) is 3.88. The quantitative estimate of drug-likeness (QED) is 0.823. The summed E-state index contributed by atoms with van der Waals surface area (Å²) in [6.07, 6.45) is 0.704. The molecule has 2 aromatic rings. The average molecular weight is 350 g/mol. The zero-order valence-corrected chi connectivity index (χ0v) is 14.3. The molecule has 0 N–H and O–H groups in total. The highest BCUT2D eigenvalue weighted by atomic mass is 32.1. The number of carbonyl (C=O) groups is 1. The van der Waals surface area contributed by atoms with Crippen molar-refractivity contribution in [1.82, 2.24) is 14.3 Å². The van der Waals surface area contributed by atoms with Crippen LogP contribution in [0.15, 0.2) is 24.3 Å². The average Bonchev–Trinajstić information content (AvgIpc) is 3.09.